The number of hydrogen-bond donors (Lipinski definition) is 1. The number of methoxy groups -OCH3 is 1. The molecule has 1 heterocycles. The molecule has 0 unspecified atom stereocenters. The van der Waals surface area contributed by atoms with Crippen LogP contribution in [0.5, 0.6) is 11.5 Å². The zero-order valence-electron chi connectivity index (χ0n) is 17.3. The molecular formula is C24H17Cl2FN2O3S. The van der Waals surface area contributed by atoms with Crippen LogP contribution in [0.1, 0.15) is 11.1 Å². The summed E-state index contributed by atoms with van der Waals surface area (Å²) >= 11 is 13.9. The molecule has 5 nitrogen and oxygen atoms in total. The van der Waals surface area contributed by atoms with E-state index in [0.717, 1.165) is 5.75 Å². The number of benzene rings is 3. The molecular weight excluding hydrogens is 486 g/mol. The number of nitrogens with zero attached hydrogens (tertiary/aromatic N) is 1. The van der Waals surface area contributed by atoms with E-state index in [4.69, 9.17) is 32.7 Å². The summed E-state index contributed by atoms with van der Waals surface area (Å²) in [6, 6.07) is 16.7. The Morgan fingerprint density at radius 1 is 1.09 bits per heavy atom. The SMILES string of the molecule is COc1ccc(N=C2NC(=O)/C(=C\c3cc(Cl)c(OCc4ccccc4F)c(Cl)c3)S2)cc1. The quantitative estimate of drug-likeness (QED) is 0.385. The molecule has 1 fully saturated rings. The first kappa shape index (κ1) is 23.2. The summed E-state index contributed by atoms with van der Waals surface area (Å²) in [4.78, 5) is 17.3. The number of rotatable bonds is 6. The van der Waals surface area contributed by atoms with Crippen molar-refractivity contribution in [3.8, 4) is 11.5 Å². The second-order valence-corrected chi connectivity index (χ2v) is 8.72. The van der Waals surface area contributed by atoms with E-state index in [1.165, 1.54) is 17.8 Å². The highest BCUT2D eigenvalue weighted by molar-refractivity contribution is 8.18. The first-order valence-corrected chi connectivity index (χ1v) is 11.3. The maximum Gasteiger partial charge on any atom is 0.264 e. The van der Waals surface area contributed by atoms with Gasteiger partial charge in [-0.25, -0.2) is 9.38 Å². The number of aliphatic imine (C=N–C) groups is 1. The smallest absolute Gasteiger partial charge is 0.264 e. The lowest BCUT2D eigenvalue weighted by Gasteiger charge is -2.11. The van der Waals surface area contributed by atoms with Crippen LogP contribution in [0.4, 0.5) is 10.1 Å². The summed E-state index contributed by atoms with van der Waals surface area (Å²) in [6.07, 6.45) is 1.66. The highest BCUT2D eigenvalue weighted by atomic mass is 35.5. The van der Waals surface area contributed by atoms with E-state index >= 15 is 0 Å². The molecule has 0 radical (unpaired) electrons. The van der Waals surface area contributed by atoms with Crippen molar-refractivity contribution in [2.24, 2.45) is 4.99 Å². The number of halogens is 3. The Bertz CT molecular complexity index is 1240. The van der Waals surface area contributed by atoms with Crippen LogP contribution in [-0.4, -0.2) is 18.2 Å². The number of thioether (sulfide) groups is 1. The maximum absolute atomic E-state index is 13.8. The highest BCUT2D eigenvalue weighted by Crippen LogP contribution is 2.37. The Labute approximate surface area is 204 Å². The van der Waals surface area contributed by atoms with Crippen molar-refractivity contribution in [2.45, 2.75) is 6.61 Å². The molecule has 168 valence electrons. The lowest BCUT2D eigenvalue weighted by Crippen LogP contribution is -2.19. The first-order valence-electron chi connectivity index (χ1n) is 9.72. The summed E-state index contributed by atoms with van der Waals surface area (Å²) < 4.78 is 24.6. The van der Waals surface area contributed by atoms with Gasteiger partial charge in [0, 0.05) is 5.56 Å². The third-order valence-corrected chi connectivity index (χ3v) is 6.07. The minimum atomic E-state index is -0.373. The van der Waals surface area contributed by atoms with Gasteiger partial charge in [0.15, 0.2) is 10.9 Å². The topological polar surface area (TPSA) is 59.9 Å². The van der Waals surface area contributed by atoms with Crippen molar-refractivity contribution < 1.29 is 18.7 Å². The highest BCUT2D eigenvalue weighted by Gasteiger charge is 2.24. The molecule has 4 rings (SSSR count). The van der Waals surface area contributed by atoms with Crippen LogP contribution >= 0.6 is 35.0 Å². The fourth-order valence-corrected chi connectivity index (χ4v) is 4.43. The Morgan fingerprint density at radius 2 is 1.79 bits per heavy atom. The molecule has 0 atom stereocenters. The lowest BCUT2D eigenvalue weighted by atomic mass is 10.2. The zero-order chi connectivity index (χ0) is 23.4. The van der Waals surface area contributed by atoms with Gasteiger partial charge in [-0.05, 0) is 65.9 Å². The summed E-state index contributed by atoms with van der Waals surface area (Å²) in [5, 5.41) is 3.69. The normalized spacial score (nSPS) is 15.7. The number of carbonyl (C=O) groups is 1. The van der Waals surface area contributed by atoms with Crippen LogP contribution in [-0.2, 0) is 11.4 Å². The van der Waals surface area contributed by atoms with Crippen molar-refractivity contribution in [3.63, 3.8) is 0 Å². The maximum atomic E-state index is 13.8. The number of amides is 1. The second kappa shape index (κ2) is 10.3. The van der Waals surface area contributed by atoms with Crippen LogP contribution in [0.3, 0.4) is 0 Å². The van der Waals surface area contributed by atoms with Crippen LogP contribution in [0.15, 0.2) is 70.6 Å². The number of amidine groups is 1. The average molecular weight is 503 g/mol. The van der Waals surface area contributed by atoms with Crippen molar-refractivity contribution in [2.75, 3.05) is 7.11 Å². The van der Waals surface area contributed by atoms with Gasteiger partial charge in [0.25, 0.3) is 5.91 Å². The third-order valence-electron chi connectivity index (χ3n) is 4.60. The molecule has 1 amide bonds. The molecule has 3 aromatic rings. The Hall–Kier alpha value is -3.00. The van der Waals surface area contributed by atoms with Gasteiger partial charge in [-0.3, -0.25) is 4.79 Å². The van der Waals surface area contributed by atoms with Crippen LogP contribution < -0.4 is 14.8 Å². The Balaban J connectivity index is 1.49. The Morgan fingerprint density at radius 3 is 2.45 bits per heavy atom. The predicted molar refractivity (Wildman–Crippen MR) is 131 cm³/mol. The van der Waals surface area contributed by atoms with Gasteiger partial charge in [-0.15, -0.1) is 0 Å². The van der Waals surface area contributed by atoms with Crippen molar-refractivity contribution >= 4 is 57.8 Å². The van der Waals surface area contributed by atoms with E-state index in [9.17, 15) is 9.18 Å². The van der Waals surface area contributed by atoms with Gasteiger partial charge >= 0.3 is 0 Å². The predicted octanol–water partition coefficient (Wildman–Crippen LogP) is 6.61. The second-order valence-electron chi connectivity index (χ2n) is 6.87. The van der Waals surface area contributed by atoms with Crippen molar-refractivity contribution in [1.82, 2.24) is 5.32 Å². The largest absolute Gasteiger partial charge is 0.497 e. The molecule has 0 aliphatic carbocycles. The van der Waals surface area contributed by atoms with Crippen molar-refractivity contribution in [3.05, 3.63) is 92.6 Å². The van der Waals surface area contributed by atoms with Crippen LogP contribution in [0.25, 0.3) is 6.08 Å². The van der Waals surface area contributed by atoms with E-state index in [-0.39, 0.29) is 34.1 Å². The number of carbonyl (C=O) groups excluding carboxylic acids is 1. The minimum Gasteiger partial charge on any atom is -0.497 e. The number of hydrogen-bond acceptors (Lipinski definition) is 5. The van der Waals surface area contributed by atoms with Gasteiger partial charge < -0.3 is 14.8 Å². The van der Waals surface area contributed by atoms with Gasteiger partial charge in [0.1, 0.15) is 18.2 Å². The van der Waals surface area contributed by atoms with E-state index in [1.807, 2.05) is 0 Å². The molecule has 0 aromatic heterocycles. The molecule has 0 spiro atoms. The molecule has 0 saturated carbocycles. The molecule has 0 bridgehead atoms. The fourth-order valence-electron chi connectivity index (χ4n) is 2.97. The van der Waals surface area contributed by atoms with Gasteiger partial charge in [-0.1, -0.05) is 41.4 Å². The monoisotopic (exact) mass is 502 g/mol. The van der Waals surface area contributed by atoms with Gasteiger partial charge in [-0.2, -0.15) is 0 Å². The van der Waals surface area contributed by atoms with Crippen LogP contribution in [0, 0.1) is 5.82 Å². The average Bonchev–Trinajstić information content (AvgIpc) is 3.13. The van der Waals surface area contributed by atoms with Gasteiger partial charge in [0.2, 0.25) is 0 Å². The molecule has 1 aliphatic rings. The van der Waals surface area contributed by atoms with E-state index < -0.39 is 0 Å². The number of nitrogens with one attached hydrogen (secondary N) is 1. The van der Waals surface area contributed by atoms with E-state index in [1.54, 1.807) is 67.8 Å². The third kappa shape index (κ3) is 5.68. The molecule has 9 heteroatoms. The molecule has 1 N–H and O–H groups in total. The van der Waals surface area contributed by atoms with E-state index in [0.29, 0.717) is 26.9 Å². The standard InChI is InChI=1S/C24H17Cl2FN2O3S/c1-31-17-8-6-16(7-9-17)28-24-29-23(30)21(33-24)12-14-10-18(25)22(19(26)11-14)32-13-15-4-2-3-5-20(15)27/h2-12H,13H2,1H3,(H,28,29,30)/b21-12+. The minimum absolute atomic E-state index is 0.0179. The summed E-state index contributed by atoms with van der Waals surface area (Å²) in [5.74, 6) is 0.314. The molecule has 3 aromatic carbocycles. The molecule has 33 heavy (non-hydrogen) atoms. The van der Waals surface area contributed by atoms with Crippen molar-refractivity contribution in [1.29, 1.82) is 0 Å². The number of ether oxygens (including phenoxy) is 2. The molecule has 1 saturated heterocycles. The Kier molecular flexibility index (Phi) is 7.23. The van der Waals surface area contributed by atoms with Crippen LogP contribution in [0.2, 0.25) is 10.0 Å². The fraction of sp³-hybridized carbons (Fsp3) is 0.0833. The molecule has 1 aliphatic heterocycles. The van der Waals surface area contributed by atoms with E-state index in [2.05, 4.69) is 10.3 Å². The first-order chi connectivity index (χ1) is 15.9. The summed E-state index contributed by atoms with van der Waals surface area (Å²) in [7, 11) is 1.59. The lowest BCUT2D eigenvalue weighted by molar-refractivity contribution is -0.115. The summed E-state index contributed by atoms with van der Waals surface area (Å²) in [6.45, 7) is -0.0179. The summed E-state index contributed by atoms with van der Waals surface area (Å²) in [5.41, 5.74) is 1.69. The van der Waals surface area contributed by atoms with Gasteiger partial charge in [0.05, 0.1) is 27.7 Å². The zero-order valence-corrected chi connectivity index (χ0v) is 19.6.